The fraction of sp³-hybridized carbons (Fsp3) is 0.857. The molecule has 1 aliphatic rings. The van der Waals surface area contributed by atoms with Gasteiger partial charge in [-0.3, -0.25) is 4.79 Å². The van der Waals surface area contributed by atoms with Gasteiger partial charge in [-0.2, -0.15) is 0 Å². The fourth-order valence-electron chi connectivity index (χ4n) is 0.630. The second-order valence-corrected chi connectivity index (χ2v) is 1.78. The first-order valence-corrected chi connectivity index (χ1v) is 2.82. The number of hydrogen-bond acceptors (Lipinski definition) is 2. The monoisotopic (exact) mass is 133 g/mol. The molecule has 0 saturated heterocycles. The normalized spacial score (nSPS) is 43.0. The van der Waals surface area contributed by atoms with Crippen molar-refractivity contribution in [2.75, 3.05) is 0 Å². The summed E-state index contributed by atoms with van der Waals surface area (Å²) in [4.78, 5) is 10.7. The SMILES string of the molecule is [2H]C1([2H])CCC([2H])([2H])C1([2H])OC(C)=O. The van der Waals surface area contributed by atoms with Crippen molar-refractivity contribution in [1.29, 1.82) is 0 Å². The lowest BCUT2D eigenvalue weighted by Crippen LogP contribution is -2.10. The van der Waals surface area contributed by atoms with Crippen molar-refractivity contribution in [2.24, 2.45) is 0 Å². The summed E-state index contributed by atoms with van der Waals surface area (Å²) in [6.45, 7) is 1.04. The van der Waals surface area contributed by atoms with E-state index >= 15 is 0 Å². The van der Waals surface area contributed by atoms with E-state index in [2.05, 4.69) is 4.74 Å². The smallest absolute Gasteiger partial charge is 0.302 e. The Bertz CT molecular complexity index is 247. The highest BCUT2D eigenvalue weighted by molar-refractivity contribution is 5.66. The molecule has 0 amide bonds. The third-order valence-electron chi connectivity index (χ3n) is 0.942. The molecule has 0 atom stereocenters. The highest BCUT2D eigenvalue weighted by atomic mass is 16.5. The summed E-state index contributed by atoms with van der Waals surface area (Å²) in [5.41, 5.74) is 0. The molecule has 0 unspecified atom stereocenters. The van der Waals surface area contributed by atoms with Crippen LogP contribution in [0.1, 0.15) is 39.4 Å². The number of rotatable bonds is 1. The first kappa shape index (κ1) is 2.60. The van der Waals surface area contributed by atoms with Crippen LogP contribution in [0.5, 0.6) is 0 Å². The van der Waals surface area contributed by atoms with E-state index in [4.69, 9.17) is 6.85 Å². The van der Waals surface area contributed by atoms with Gasteiger partial charge in [0.25, 0.3) is 0 Å². The Labute approximate surface area is 62.2 Å². The summed E-state index contributed by atoms with van der Waals surface area (Å²) in [5, 5.41) is 0. The van der Waals surface area contributed by atoms with E-state index in [1.54, 1.807) is 0 Å². The van der Waals surface area contributed by atoms with Crippen molar-refractivity contribution in [3.8, 4) is 0 Å². The van der Waals surface area contributed by atoms with Crippen LogP contribution in [-0.4, -0.2) is 12.0 Å². The quantitative estimate of drug-likeness (QED) is 0.506. The minimum Gasteiger partial charge on any atom is -0.463 e. The number of hydrogen-bond donors (Lipinski definition) is 0. The maximum Gasteiger partial charge on any atom is 0.302 e. The Morgan fingerprint density at radius 1 is 1.78 bits per heavy atom. The predicted molar refractivity (Wildman–Crippen MR) is 34.0 cm³/mol. The largest absolute Gasteiger partial charge is 0.463 e. The summed E-state index contributed by atoms with van der Waals surface area (Å²) in [7, 11) is 0. The van der Waals surface area contributed by atoms with E-state index in [0.29, 0.717) is 0 Å². The van der Waals surface area contributed by atoms with Crippen LogP contribution >= 0.6 is 0 Å². The van der Waals surface area contributed by atoms with Gasteiger partial charge in [-0.05, 0) is 25.6 Å². The summed E-state index contributed by atoms with van der Waals surface area (Å²) < 4.78 is 41.9. The topological polar surface area (TPSA) is 26.3 Å². The molecule has 0 spiro atoms. The lowest BCUT2D eigenvalue weighted by Gasteiger charge is -2.07. The molecule has 2 nitrogen and oxygen atoms in total. The standard InChI is InChI=1S/C7H12O2/c1-6(8)9-7-4-2-3-5-7/h7H,2-5H2,1H3/i4D2,5D2,7D. The van der Waals surface area contributed by atoms with Gasteiger partial charge in [0.1, 0.15) is 6.08 Å². The van der Waals surface area contributed by atoms with E-state index in [1.165, 1.54) is 0 Å². The van der Waals surface area contributed by atoms with Gasteiger partial charge in [0.15, 0.2) is 0 Å². The molecule has 0 heterocycles. The average molecular weight is 133 g/mol. The molecule has 2 heteroatoms. The van der Waals surface area contributed by atoms with Crippen molar-refractivity contribution in [2.45, 2.75) is 38.6 Å². The summed E-state index contributed by atoms with van der Waals surface area (Å²) in [5.74, 6) is -0.838. The molecule has 9 heavy (non-hydrogen) atoms. The molecule has 1 rings (SSSR count). The molecule has 52 valence electrons. The first-order valence-electron chi connectivity index (χ1n) is 5.32. The molecule has 0 aromatic carbocycles. The second kappa shape index (κ2) is 2.85. The van der Waals surface area contributed by atoms with Crippen LogP contribution in [0.4, 0.5) is 0 Å². The summed E-state index contributed by atoms with van der Waals surface area (Å²) in [6, 6.07) is 0. The third kappa shape index (κ3) is 2.04. The molecule has 1 fully saturated rings. The Hall–Kier alpha value is -0.530. The van der Waals surface area contributed by atoms with Gasteiger partial charge in [0.2, 0.25) is 0 Å². The van der Waals surface area contributed by atoms with Crippen LogP contribution in [0.3, 0.4) is 0 Å². The number of esters is 1. The van der Waals surface area contributed by atoms with Gasteiger partial charge < -0.3 is 4.74 Å². The molecule has 0 aromatic heterocycles. The zero-order valence-corrected chi connectivity index (χ0v) is 5.23. The van der Waals surface area contributed by atoms with Gasteiger partial charge in [-0.15, -0.1) is 0 Å². The third-order valence-corrected chi connectivity index (χ3v) is 0.942. The van der Waals surface area contributed by atoms with Crippen LogP contribution in [0.15, 0.2) is 0 Å². The van der Waals surface area contributed by atoms with Crippen LogP contribution < -0.4 is 0 Å². The van der Waals surface area contributed by atoms with Gasteiger partial charge in [-0.1, -0.05) is 0 Å². The Balaban J connectivity index is 3.06. The van der Waals surface area contributed by atoms with Gasteiger partial charge in [0, 0.05) is 12.4 Å². The van der Waals surface area contributed by atoms with Crippen molar-refractivity contribution in [3.63, 3.8) is 0 Å². The Morgan fingerprint density at radius 2 is 2.33 bits per heavy atom. The maximum atomic E-state index is 10.7. The lowest BCUT2D eigenvalue weighted by molar-refractivity contribution is -0.145. The number of carbonyl (C=O) groups excluding carboxylic acids is 1. The molecule has 1 saturated carbocycles. The molecule has 0 bridgehead atoms. The fourth-order valence-corrected chi connectivity index (χ4v) is 0.630. The van der Waals surface area contributed by atoms with Gasteiger partial charge >= 0.3 is 5.97 Å². The number of carbonyl (C=O) groups is 1. The van der Waals surface area contributed by atoms with Crippen molar-refractivity contribution in [3.05, 3.63) is 0 Å². The van der Waals surface area contributed by atoms with Crippen LogP contribution in [0.25, 0.3) is 0 Å². The van der Waals surface area contributed by atoms with E-state index in [0.717, 1.165) is 6.92 Å². The number of ether oxygens (including phenoxy) is 1. The Kier molecular flexibility index (Phi) is 0.826. The molecular formula is C7H12O2. The summed E-state index contributed by atoms with van der Waals surface area (Å²) in [6.07, 6.45) is -6.93. The van der Waals surface area contributed by atoms with Crippen molar-refractivity contribution >= 4 is 5.97 Å². The van der Waals surface area contributed by atoms with E-state index in [9.17, 15) is 4.79 Å². The molecule has 0 aliphatic heterocycles. The molecule has 0 aromatic rings. The second-order valence-electron chi connectivity index (χ2n) is 1.78. The van der Waals surface area contributed by atoms with E-state index in [1.807, 2.05) is 0 Å². The minimum absolute atomic E-state index is 0.114. The zero-order valence-electron chi connectivity index (χ0n) is 10.2. The van der Waals surface area contributed by atoms with E-state index in [-0.39, 0.29) is 12.8 Å². The molecule has 1 aliphatic carbocycles. The molecular weight excluding hydrogens is 116 g/mol. The summed E-state index contributed by atoms with van der Waals surface area (Å²) >= 11 is 0. The van der Waals surface area contributed by atoms with Crippen LogP contribution in [0, 0.1) is 0 Å². The van der Waals surface area contributed by atoms with Crippen molar-refractivity contribution < 1.29 is 16.4 Å². The lowest BCUT2D eigenvalue weighted by atomic mass is 10.3. The average Bonchev–Trinajstić information content (AvgIpc) is 2.11. The zero-order chi connectivity index (χ0) is 11.2. The predicted octanol–water partition coefficient (Wildman–Crippen LogP) is 1.49. The Morgan fingerprint density at radius 3 is 2.78 bits per heavy atom. The highest BCUT2D eigenvalue weighted by Gasteiger charge is 2.16. The highest BCUT2D eigenvalue weighted by Crippen LogP contribution is 2.20. The van der Waals surface area contributed by atoms with Crippen molar-refractivity contribution in [1.82, 2.24) is 0 Å². The van der Waals surface area contributed by atoms with Crippen LogP contribution in [-0.2, 0) is 9.53 Å². The van der Waals surface area contributed by atoms with Gasteiger partial charge in [-0.25, -0.2) is 0 Å². The molecule has 0 radical (unpaired) electrons. The van der Waals surface area contributed by atoms with Crippen LogP contribution in [0.2, 0.25) is 0 Å². The van der Waals surface area contributed by atoms with Gasteiger partial charge in [0.05, 0.1) is 1.37 Å². The molecule has 0 N–H and O–H groups in total. The minimum atomic E-state index is -2.42. The first-order chi connectivity index (χ1) is 6.12. The maximum absolute atomic E-state index is 10.7. The van der Waals surface area contributed by atoms with E-state index < -0.39 is 24.8 Å².